The Kier molecular flexibility index (Phi) is 5.99. The highest BCUT2D eigenvalue weighted by molar-refractivity contribution is 8.00. The lowest BCUT2D eigenvalue weighted by atomic mass is 10.1. The van der Waals surface area contributed by atoms with Crippen molar-refractivity contribution < 1.29 is 19.4 Å². The minimum absolute atomic E-state index is 0.0116. The molecule has 18 heavy (non-hydrogen) atoms. The van der Waals surface area contributed by atoms with Gasteiger partial charge in [0.2, 0.25) is 0 Å². The minimum atomic E-state index is -0.734. The average molecular weight is 274 g/mol. The first-order valence-corrected chi connectivity index (χ1v) is 7.49. The molecule has 1 saturated carbocycles. The summed E-state index contributed by atoms with van der Waals surface area (Å²) >= 11 is 1.48. The van der Waals surface area contributed by atoms with Crippen LogP contribution in [0.2, 0.25) is 0 Å². The van der Waals surface area contributed by atoms with Gasteiger partial charge in [0.05, 0.1) is 13.5 Å². The molecule has 1 aliphatic rings. The lowest BCUT2D eigenvalue weighted by molar-refractivity contribution is -0.141. The Morgan fingerprint density at radius 3 is 2.56 bits per heavy atom. The molecule has 0 aliphatic heterocycles. The number of ether oxygens (including phenoxy) is 1. The zero-order chi connectivity index (χ0) is 13.6. The Balaban J connectivity index is 2.37. The molecular formula is C13H22O4S. The van der Waals surface area contributed by atoms with Crippen LogP contribution >= 0.6 is 11.8 Å². The van der Waals surface area contributed by atoms with Gasteiger partial charge in [-0.25, -0.2) is 0 Å². The molecule has 0 heterocycles. The number of carboxylic acid groups (broad SMARTS) is 1. The number of hydrogen-bond donors (Lipinski definition) is 1. The SMILES string of the molecule is CCCCC(SCC1(CC(=O)OC)CC1)C(=O)O. The molecule has 0 aromatic carbocycles. The van der Waals surface area contributed by atoms with E-state index in [1.54, 1.807) is 0 Å². The Labute approximate surface area is 112 Å². The van der Waals surface area contributed by atoms with Crippen molar-refractivity contribution in [3.05, 3.63) is 0 Å². The molecule has 0 amide bonds. The van der Waals surface area contributed by atoms with E-state index in [1.165, 1.54) is 18.9 Å². The van der Waals surface area contributed by atoms with Crippen molar-refractivity contribution in [1.29, 1.82) is 0 Å². The highest BCUT2D eigenvalue weighted by Crippen LogP contribution is 2.51. The van der Waals surface area contributed by atoms with Crippen molar-refractivity contribution in [2.45, 2.75) is 50.7 Å². The Morgan fingerprint density at radius 1 is 1.44 bits per heavy atom. The molecule has 0 saturated heterocycles. The maximum Gasteiger partial charge on any atom is 0.316 e. The van der Waals surface area contributed by atoms with Crippen LogP contribution in [0.15, 0.2) is 0 Å². The van der Waals surface area contributed by atoms with Gasteiger partial charge in [-0.1, -0.05) is 19.8 Å². The van der Waals surface area contributed by atoms with E-state index in [-0.39, 0.29) is 16.6 Å². The Morgan fingerprint density at radius 2 is 2.11 bits per heavy atom. The minimum Gasteiger partial charge on any atom is -0.480 e. The second-order valence-corrected chi connectivity index (χ2v) is 6.22. The number of rotatable bonds is 9. The molecule has 1 N–H and O–H groups in total. The number of hydrogen-bond acceptors (Lipinski definition) is 4. The first kappa shape index (κ1) is 15.3. The number of carbonyl (C=O) groups excluding carboxylic acids is 1. The predicted octanol–water partition coefficient (Wildman–Crippen LogP) is 2.71. The number of carbonyl (C=O) groups is 2. The summed E-state index contributed by atoms with van der Waals surface area (Å²) in [6, 6.07) is 0. The van der Waals surface area contributed by atoms with Gasteiger partial charge in [-0.15, -0.1) is 11.8 Å². The third-order valence-corrected chi connectivity index (χ3v) is 5.01. The molecule has 0 spiro atoms. The zero-order valence-corrected chi connectivity index (χ0v) is 11.9. The quantitative estimate of drug-likeness (QED) is 0.655. The van der Waals surface area contributed by atoms with Gasteiger partial charge in [0, 0.05) is 5.75 Å². The fourth-order valence-corrected chi connectivity index (χ4v) is 3.29. The van der Waals surface area contributed by atoms with Gasteiger partial charge < -0.3 is 9.84 Å². The lowest BCUT2D eigenvalue weighted by Gasteiger charge is -2.17. The van der Waals surface area contributed by atoms with E-state index < -0.39 is 5.97 Å². The van der Waals surface area contributed by atoms with Crippen LogP contribution in [0.1, 0.15) is 45.4 Å². The molecule has 104 valence electrons. The predicted molar refractivity (Wildman–Crippen MR) is 71.7 cm³/mol. The van der Waals surface area contributed by atoms with E-state index in [0.29, 0.717) is 12.8 Å². The zero-order valence-electron chi connectivity index (χ0n) is 11.1. The summed E-state index contributed by atoms with van der Waals surface area (Å²) < 4.78 is 4.68. The van der Waals surface area contributed by atoms with Crippen molar-refractivity contribution in [1.82, 2.24) is 0 Å². The van der Waals surface area contributed by atoms with Crippen LogP contribution in [0, 0.1) is 5.41 Å². The molecular weight excluding hydrogens is 252 g/mol. The number of methoxy groups -OCH3 is 1. The van der Waals surface area contributed by atoms with Gasteiger partial charge >= 0.3 is 11.9 Å². The molecule has 0 radical (unpaired) electrons. The van der Waals surface area contributed by atoms with E-state index in [9.17, 15) is 9.59 Å². The van der Waals surface area contributed by atoms with Crippen LogP contribution in [0.3, 0.4) is 0 Å². The highest BCUT2D eigenvalue weighted by Gasteiger charge is 2.45. The molecule has 0 bridgehead atoms. The third-order valence-electron chi connectivity index (χ3n) is 3.39. The topological polar surface area (TPSA) is 63.6 Å². The average Bonchev–Trinajstić information content (AvgIpc) is 3.08. The fourth-order valence-electron chi connectivity index (χ4n) is 1.87. The van der Waals surface area contributed by atoms with Crippen LogP contribution in [0.4, 0.5) is 0 Å². The van der Waals surface area contributed by atoms with Gasteiger partial charge in [-0.3, -0.25) is 9.59 Å². The van der Waals surface area contributed by atoms with Gasteiger partial charge in [-0.05, 0) is 24.7 Å². The summed E-state index contributed by atoms with van der Waals surface area (Å²) in [6.07, 6.45) is 5.11. The number of esters is 1. The lowest BCUT2D eigenvalue weighted by Crippen LogP contribution is -2.20. The first-order chi connectivity index (χ1) is 8.53. The molecule has 4 nitrogen and oxygen atoms in total. The summed E-state index contributed by atoms with van der Waals surface area (Å²) in [5, 5.41) is 8.80. The third kappa shape index (κ3) is 4.88. The number of carboxylic acids is 1. The summed E-state index contributed by atoms with van der Waals surface area (Å²) in [7, 11) is 1.40. The van der Waals surface area contributed by atoms with Crippen LogP contribution in [-0.2, 0) is 14.3 Å². The number of aliphatic carboxylic acids is 1. The van der Waals surface area contributed by atoms with E-state index >= 15 is 0 Å². The van der Waals surface area contributed by atoms with Crippen LogP contribution < -0.4 is 0 Å². The molecule has 0 aromatic heterocycles. The Hall–Kier alpha value is -0.710. The van der Waals surface area contributed by atoms with Gasteiger partial charge in [-0.2, -0.15) is 0 Å². The maximum absolute atomic E-state index is 11.3. The van der Waals surface area contributed by atoms with Gasteiger partial charge in [0.25, 0.3) is 0 Å². The van der Waals surface area contributed by atoms with E-state index in [1.807, 2.05) is 0 Å². The molecule has 5 heteroatoms. The van der Waals surface area contributed by atoms with Gasteiger partial charge in [0.1, 0.15) is 5.25 Å². The first-order valence-electron chi connectivity index (χ1n) is 6.44. The molecule has 1 unspecified atom stereocenters. The van der Waals surface area contributed by atoms with E-state index in [0.717, 1.165) is 31.4 Å². The molecule has 0 aromatic rings. The maximum atomic E-state index is 11.3. The van der Waals surface area contributed by atoms with Gasteiger partial charge in [0.15, 0.2) is 0 Å². The second-order valence-electron chi connectivity index (χ2n) is 5.03. The largest absolute Gasteiger partial charge is 0.480 e. The monoisotopic (exact) mass is 274 g/mol. The summed E-state index contributed by atoms with van der Waals surface area (Å²) in [5.74, 6) is -0.168. The van der Waals surface area contributed by atoms with Crippen LogP contribution in [0.5, 0.6) is 0 Å². The van der Waals surface area contributed by atoms with Crippen LogP contribution in [0.25, 0.3) is 0 Å². The van der Waals surface area contributed by atoms with Crippen molar-refractivity contribution in [3.8, 4) is 0 Å². The van der Waals surface area contributed by atoms with Crippen LogP contribution in [-0.4, -0.2) is 35.2 Å². The highest BCUT2D eigenvalue weighted by atomic mass is 32.2. The summed E-state index contributed by atoms with van der Waals surface area (Å²) in [5.41, 5.74) is 0.0116. The summed E-state index contributed by atoms with van der Waals surface area (Å²) in [4.78, 5) is 22.4. The summed E-state index contributed by atoms with van der Waals surface area (Å²) in [6.45, 7) is 2.06. The normalized spacial score (nSPS) is 18.1. The van der Waals surface area contributed by atoms with Crippen molar-refractivity contribution >= 4 is 23.7 Å². The second kappa shape index (κ2) is 7.02. The Bertz CT molecular complexity index is 299. The standard InChI is InChI=1S/C13H22O4S/c1-3-4-5-10(12(15)16)18-9-13(6-7-13)8-11(14)17-2/h10H,3-9H2,1-2H3,(H,15,16). The fraction of sp³-hybridized carbons (Fsp3) is 0.846. The molecule has 1 atom stereocenters. The van der Waals surface area contributed by atoms with Crippen molar-refractivity contribution in [3.63, 3.8) is 0 Å². The molecule has 1 rings (SSSR count). The van der Waals surface area contributed by atoms with E-state index in [4.69, 9.17) is 5.11 Å². The smallest absolute Gasteiger partial charge is 0.316 e. The molecule has 1 fully saturated rings. The number of unbranched alkanes of at least 4 members (excludes halogenated alkanes) is 1. The number of thioether (sulfide) groups is 1. The van der Waals surface area contributed by atoms with Crippen molar-refractivity contribution in [2.75, 3.05) is 12.9 Å². The molecule has 1 aliphatic carbocycles. The van der Waals surface area contributed by atoms with Crippen molar-refractivity contribution in [2.24, 2.45) is 5.41 Å². The van der Waals surface area contributed by atoms with E-state index in [2.05, 4.69) is 11.7 Å².